The van der Waals surface area contributed by atoms with Crippen molar-refractivity contribution >= 4 is 22.5 Å². The predicted octanol–water partition coefficient (Wildman–Crippen LogP) is 3.38. The quantitative estimate of drug-likeness (QED) is 0.909. The second-order valence-electron chi connectivity index (χ2n) is 7.14. The molecule has 2 aromatic rings. The zero-order valence-corrected chi connectivity index (χ0v) is 13.8. The first kappa shape index (κ1) is 14.8. The van der Waals surface area contributed by atoms with Crippen molar-refractivity contribution in [3.8, 4) is 0 Å². The van der Waals surface area contributed by atoms with E-state index in [1.807, 2.05) is 6.07 Å². The monoisotopic (exact) mass is 311 g/mol. The van der Waals surface area contributed by atoms with Gasteiger partial charge in [-0.15, -0.1) is 0 Å². The molecule has 1 saturated carbocycles. The van der Waals surface area contributed by atoms with Crippen LogP contribution in [0.2, 0.25) is 0 Å². The van der Waals surface area contributed by atoms with E-state index in [0.717, 1.165) is 51.0 Å². The fraction of sp³-hybridized carbons (Fsp3) is 0.526. The average molecular weight is 311 g/mol. The summed E-state index contributed by atoms with van der Waals surface area (Å²) in [6.45, 7) is 5.31. The Hall–Kier alpha value is -1.81. The van der Waals surface area contributed by atoms with Crippen LogP contribution in [0.5, 0.6) is 0 Å². The van der Waals surface area contributed by atoms with Crippen molar-refractivity contribution in [1.29, 1.82) is 0 Å². The van der Waals surface area contributed by atoms with Gasteiger partial charge in [0.05, 0.1) is 5.52 Å². The third-order valence-corrected chi connectivity index (χ3v) is 5.61. The van der Waals surface area contributed by atoms with E-state index in [1.165, 1.54) is 10.9 Å². The van der Waals surface area contributed by atoms with E-state index in [-0.39, 0.29) is 11.8 Å². The van der Waals surface area contributed by atoms with Crippen LogP contribution in [0.1, 0.15) is 32.6 Å². The van der Waals surface area contributed by atoms with Gasteiger partial charge in [0.15, 0.2) is 0 Å². The number of aromatic nitrogens is 1. The summed E-state index contributed by atoms with van der Waals surface area (Å²) in [5, 5.41) is 7.78. The number of hydrogen-bond acceptors (Lipinski definition) is 2. The third-order valence-electron chi connectivity index (χ3n) is 5.61. The molecule has 2 heterocycles. The molecule has 1 aliphatic carbocycles. The lowest BCUT2D eigenvalue weighted by atomic mass is 9.92. The van der Waals surface area contributed by atoms with E-state index in [1.54, 1.807) is 0 Å². The van der Waals surface area contributed by atoms with E-state index in [2.05, 4.69) is 46.5 Å². The number of benzene rings is 1. The third kappa shape index (κ3) is 2.65. The van der Waals surface area contributed by atoms with Crippen molar-refractivity contribution in [2.75, 3.05) is 18.4 Å². The fourth-order valence-corrected chi connectivity index (χ4v) is 4.12. The molecular weight excluding hydrogens is 286 g/mol. The summed E-state index contributed by atoms with van der Waals surface area (Å²) in [7, 11) is 0. The van der Waals surface area contributed by atoms with Gasteiger partial charge in [0.25, 0.3) is 0 Å². The highest BCUT2D eigenvalue weighted by molar-refractivity contribution is 5.97. The van der Waals surface area contributed by atoms with E-state index in [4.69, 9.17) is 0 Å². The van der Waals surface area contributed by atoms with Crippen LogP contribution in [0.25, 0.3) is 10.9 Å². The van der Waals surface area contributed by atoms with Gasteiger partial charge >= 0.3 is 0 Å². The number of aryl methyl sites for hydroxylation is 1. The van der Waals surface area contributed by atoms with Gasteiger partial charge in [-0.2, -0.15) is 0 Å². The lowest BCUT2D eigenvalue weighted by Gasteiger charge is -2.23. The van der Waals surface area contributed by atoms with Gasteiger partial charge in [-0.1, -0.05) is 13.0 Å². The predicted molar refractivity (Wildman–Crippen MR) is 93.5 cm³/mol. The maximum Gasteiger partial charge on any atom is 0.228 e. The van der Waals surface area contributed by atoms with Gasteiger partial charge in [0, 0.05) is 24.3 Å². The summed E-state index contributed by atoms with van der Waals surface area (Å²) in [5.41, 5.74) is 2.42. The Kier molecular flexibility index (Phi) is 3.64. The number of carbonyl (C=O) groups excluding carboxylic acids is 1. The number of carbonyl (C=O) groups is 1. The molecule has 1 aliphatic heterocycles. The van der Waals surface area contributed by atoms with Crippen LogP contribution < -0.4 is 10.6 Å². The smallest absolute Gasteiger partial charge is 0.228 e. The molecule has 1 spiro atoms. The second kappa shape index (κ2) is 5.68. The topological polar surface area (TPSA) is 46.1 Å². The summed E-state index contributed by atoms with van der Waals surface area (Å²) in [6.07, 6.45) is 6.59. The lowest BCUT2D eigenvalue weighted by molar-refractivity contribution is -0.118. The normalized spacial score (nSPS) is 22.4. The van der Waals surface area contributed by atoms with Crippen molar-refractivity contribution in [3.63, 3.8) is 0 Å². The van der Waals surface area contributed by atoms with Crippen LogP contribution >= 0.6 is 0 Å². The van der Waals surface area contributed by atoms with Crippen LogP contribution in [0, 0.1) is 11.3 Å². The van der Waals surface area contributed by atoms with Gasteiger partial charge in [-0.3, -0.25) is 4.79 Å². The Morgan fingerprint density at radius 1 is 1.35 bits per heavy atom. The number of fused-ring (bicyclic) bond motifs is 1. The second-order valence-corrected chi connectivity index (χ2v) is 7.14. The minimum absolute atomic E-state index is 0.208. The molecule has 23 heavy (non-hydrogen) atoms. The number of nitrogens with one attached hydrogen (secondary N) is 2. The molecule has 0 bridgehead atoms. The number of hydrogen-bond donors (Lipinski definition) is 2. The number of piperidine rings is 1. The largest absolute Gasteiger partial charge is 0.347 e. The Bertz CT molecular complexity index is 727. The first-order valence-corrected chi connectivity index (χ1v) is 8.82. The number of nitrogens with zero attached hydrogens (tertiary/aromatic N) is 1. The molecule has 2 aliphatic rings. The summed E-state index contributed by atoms with van der Waals surface area (Å²) >= 11 is 0. The number of amides is 1. The van der Waals surface area contributed by atoms with Crippen molar-refractivity contribution in [2.45, 2.75) is 39.2 Å². The summed E-state index contributed by atoms with van der Waals surface area (Å²) < 4.78 is 2.26. The van der Waals surface area contributed by atoms with E-state index < -0.39 is 0 Å². The van der Waals surface area contributed by atoms with Crippen molar-refractivity contribution in [2.24, 2.45) is 11.3 Å². The van der Waals surface area contributed by atoms with Gasteiger partial charge in [0.1, 0.15) is 0 Å². The highest BCUT2D eigenvalue weighted by Gasteiger charge is 2.57. The molecule has 1 unspecified atom stereocenters. The van der Waals surface area contributed by atoms with Crippen LogP contribution in [-0.2, 0) is 11.3 Å². The molecule has 1 aromatic heterocycles. The first-order chi connectivity index (χ1) is 11.2. The zero-order valence-electron chi connectivity index (χ0n) is 13.8. The Morgan fingerprint density at radius 2 is 2.17 bits per heavy atom. The standard InChI is InChI=1S/C19H25N3O/c1-2-10-22-11-5-14-3-4-15(12-17(14)22)21-18(23)16-13-19(16)6-8-20-9-7-19/h3-5,11-12,16,20H,2,6-10,13H2,1H3,(H,21,23). The Labute approximate surface area is 137 Å². The number of anilines is 1. The molecule has 2 fully saturated rings. The minimum atomic E-state index is 0.208. The minimum Gasteiger partial charge on any atom is -0.347 e. The molecule has 4 heteroatoms. The molecule has 4 rings (SSSR count). The van der Waals surface area contributed by atoms with Gasteiger partial charge in [-0.05, 0) is 67.8 Å². The molecular formula is C19H25N3O. The van der Waals surface area contributed by atoms with Crippen molar-refractivity contribution in [1.82, 2.24) is 9.88 Å². The van der Waals surface area contributed by atoms with Crippen LogP contribution in [0.4, 0.5) is 5.69 Å². The fourth-order valence-electron chi connectivity index (χ4n) is 4.12. The molecule has 122 valence electrons. The molecule has 1 atom stereocenters. The lowest BCUT2D eigenvalue weighted by Crippen LogP contribution is -2.31. The highest BCUT2D eigenvalue weighted by atomic mass is 16.2. The molecule has 0 radical (unpaired) electrons. The van der Waals surface area contributed by atoms with Crippen LogP contribution in [0.15, 0.2) is 30.5 Å². The van der Waals surface area contributed by atoms with Crippen molar-refractivity contribution in [3.05, 3.63) is 30.5 Å². The van der Waals surface area contributed by atoms with Gasteiger partial charge in [0.2, 0.25) is 5.91 Å². The van der Waals surface area contributed by atoms with Gasteiger partial charge < -0.3 is 15.2 Å². The van der Waals surface area contributed by atoms with E-state index in [0.29, 0.717) is 5.41 Å². The Morgan fingerprint density at radius 3 is 2.96 bits per heavy atom. The first-order valence-electron chi connectivity index (χ1n) is 8.82. The highest BCUT2D eigenvalue weighted by Crippen LogP contribution is 2.58. The van der Waals surface area contributed by atoms with Crippen LogP contribution in [-0.4, -0.2) is 23.6 Å². The molecule has 1 saturated heterocycles. The van der Waals surface area contributed by atoms with E-state index in [9.17, 15) is 4.79 Å². The number of rotatable bonds is 4. The molecule has 2 N–H and O–H groups in total. The maximum atomic E-state index is 12.6. The molecule has 1 aromatic carbocycles. The zero-order chi connectivity index (χ0) is 15.9. The SMILES string of the molecule is CCCn1ccc2ccc(NC(=O)C3CC34CCNCC4)cc21. The van der Waals surface area contributed by atoms with Crippen molar-refractivity contribution < 1.29 is 4.79 Å². The average Bonchev–Trinajstić information content (AvgIpc) is 3.11. The molecule has 4 nitrogen and oxygen atoms in total. The molecule has 1 amide bonds. The van der Waals surface area contributed by atoms with Gasteiger partial charge in [-0.25, -0.2) is 0 Å². The summed E-state index contributed by atoms with van der Waals surface area (Å²) in [5.74, 6) is 0.419. The summed E-state index contributed by atoms with van der Waals surface area (Å²) in [6, 6.07) is 8.38. The van der Waals surface area contributed by atoms with E-state index >= 15 is 0 Å². The maximum absolute atomic E-state index is 12.6. The summed E-state index contributed by atoms with van der Waals surface area (Å²) in [4.78, 5) is 12.6. The van der Waals surface area contributed by atoms with Crippen LogP contribution in [0.3, 0.4) is 0 Å². The Balaban J connectivity index is 1.49.